The van der Waals surface area contributed by atoms with E-state index in [1.54, 1.807) is 20.8 Å². The Morgan fingerprint density at radius 3 is 2.80 bits per heavy atom. The highest BCUT2D eigenvalue weighted by atomic mass is 79.9. The van der Waals surface area contributed by atoms with Gasteiger partial charge in [-0.05, 0) is 38.5 Å². The molecule has 0 bridgehead atoms. The first kappa shape index (κ1) is 14.8. The molecule has 0 spiro atoms. The van der Waals surface area contributed by atoms with Crippen molar-refractivity contribution < 1.29 is 14.3 Å². The second-order valence-corrected chi connectivity index (χ2v) is 6.51. The second kappa shape index (κ2) is 5.44. The van der Waals surface area contributed by atoms with E-state index < -0.39 is 17.7 Å². The van der Waals surface area contributed by atoms with E-state index in [9.17, 15) is 9.59 Å². The highest BCUT2D eigenvalue weighted by Crippen LogP contribution is 2.29. The minimum atomic E-state index is -0.629. The first-order valence-corrected chi connectivity index (χ1v) is 7.13. The zero-order valence-corrected chi connectivity index (χ0v) is 13.2. The Morgan fingerprint density at radius 2 is 2.15 bits per heavy atom. The van der Waals surface area contributed by atoms with Crippen molar-refractivity contribution >= 4 is 33.6 Å². The Bertz CT molecular complexity index is 552. The van der Waals surface area contributed by atoms with Crippen LogP contribution in [0.4, 0.5) is 10.5 Å². The molecule has 1 heterocycles. The molecule has 0 fully saturated rings. The van der Waals surface area contributed by atoms with Crippen molar-refractivity contribution in [2.75, 3.05) is 5.32 Å². The van der Waals surface area contributed by atoms with Gasteiger partial charge in [-0.3, -0.25) is 4.79 Å². The molecule has 1 aromatic rings. The molecule has 1 aromatic carbocycles. The van der Waals surface area contributed by atoms with Crippen LogP contribution < -0.4 is 10.6 Å². The molecule has 6 heteroatoms. The molecule has 1 aliphatic heterocycles. The lowest BCUT2D eigenvalue weighted by molar-refractivity contribution is -0.118. The highest BCUT2D eigenvalue weighted by Gasteiger charge is 2.30. The van der Waals surface area contributed by atoms with Crippen LogP contribution in [0.1, 0.15) is 26.3 Å². The average molecular weight is 341 g/mol. The number of hydrogen-bond acceptors (Lipinski definition) is 3. The van der Waals surface area contributed by atoms with Gasteiger partial charge < -0.3 is 15.4 Å². The number of alkyl carbamates (subject to hydrolysis) is 1. The van der Waals surface area contributed by atoms with Crippen molar-refractivity contribution in [3.05, 3.63) is 28.2 Å². The Labute approximate surface area is 126 Å². The van der Waals surface area contributed by atoms with Crippen LogP contribution >= 0.6 is 15.9 Å². The predicted molar refractivity (Wildman–Crippen MR) is 79.6 cm³/mol. The molecule has 1 unspecified atom stereocenters. The normalized spacial score (nSPS) is 18.0. The fourth-order valence-electron chi connectivity index (χ4n) is 1.97. The van der Waals surface area contributed by atoms with Crippen LogP contribution in [0.3, 0.4) is 0 Å². The minimum Gasteiger partial charge on any atom is -0.444 e. The standard InChI is InChI=1S/C14H17BrN2O3/c1-14(2,3)20-13(19)17-11-7-8-9(15)5-4-6-10(8)16-12(11)18/h4-6,11H,7H2,1-3H3,(H,16,18)(H,17,19). The SMILES string of the molecule is CC(C)(C)OC(=O)NC1Cc2c(Br)cccc2NC1=O. The van der Waals surface area contributed by atoms with Gasteiger partial charge in [0.1, 0.15) is 11.6 Å². The summed E-state index contributed by atoms with van der Waals surface area (Å²) in [5.41, 5.74) is 1.15. The fourth-order valence-corrected chi connectivity index (χ4v) is 2.49. The van der Waals surface area contributed by atoms with Gasteiger partial charge in [0.15, 0.2) is 0 Å². The largest absolute Gasteiger partial charge is 0.444 e. The summed E-state index contributed by atoms with van der Waals surface area (Å²) in [5.74, 6) is -0.235. The summed E-state index contributed by atoms with van der Waals surface area (Å²) in [7, 11) is 0. The predicted octanol–water partition coefficient (Wildman–Crippen LogP) is 2.84. The van der Waals surface area contributed by atoms with E-state index in [2.05, 4.69) is 26.6 Å². The average Bonchev–Trinajstić information content (AvgIpc) is 2.29. The Morgan fingerprint density at radius 1 is 1.45 bits per heavy atom. The third kappa shape index (κ3) is 3.50. The monoisotopic (exact) mass is 340 g/mol. The number of anilines is 1. The molecule has 2 N–H and O–H groups in total. The molecule has 20 heavy (non-hydrogen) atoms. The van der Waals surface area contributed by atoms with E-state index in [0.29, 0.717) is 6.42 Å². The number of benzene rings is 1. The van der Waals surface area contributed by atoms with Crippen LogP contribution in [-0.2, 0) is 16.0 Å². The Kier molecular flexibility index (Phi) is 4.04. The van der Waals surface area contributed by atoms with E-state index >= 15 is 0 Å². The summed E-state index contributed by atoms with van der Waals surface area (Å²) in [6.07, 6.45) is -0.157. The van der Waals surface area contributed by atoms with Gasteiger partial charge in [0, 0.05) is 16.6 Å². The summed E-state index contributed by atoms with van der Waals surface area (Å²) in [6, 6.07) is 4.96. The summed E-state index contributed by atoms with van der Waals surface area (Å²) < 4.78 is 6.07. The van der Waals surface area contributed by atoms with E-state index in [4.69, 9.17) is 4.74 Å². The second-order valence-electron chi connectivity index (χ2n) is 5.66. The van der Waals surface area contributed by atoms with Crippen molar-refractivity contribution in [1.29, 1.82) is 0 Å². The maximum absolute atomic E-state index is 12.0. The third-order valence-electron chi connectivity index (χ3n) is 2.79. The maximum atomic E-state index is 12.0. The summed E-state index contributed by atoms with van der Waals surface area (Å²) >= 11 is 3.45. The molecular formula is C14H17BrN2O3. The summed E-state index contributed by atoms with van der Waals surface area (Å²) in [6.45, 7) is 5.33. The van der Waals surface area contributed by atoms with Crippen LogP contribution in [0.15, 0.2) is 22.7 Å². The van der Waals surface area contributed by atoms with E-state index in [1.165, 1.54) is 0 Å². The van der Waals surface area contributed by atoms with E-state index in [-0.39, 0.29) is 5.91 Å². The summed E-state index contributed by atoms with van der Waals surface area (Å²) in [5, 5.41) is 5.38. The number of ether oxygens (including phenoxy) is 1. The van der Waals surface area contributed by atoms with Crippen LogP contribution in [0, 0.1) is 0 Å². The smallest absolute Gasteiger partial charge is 0.408 e. The van der Waals surface area contributed by atoms with Crippen LogP contribution in [-0.4, -0.2) is 23.6 Å². The molecule has 1 atom stereocenters. The highest BCUT2D eigenvalue weighted by molar-refractivity contribution is 9.10. The van der Waals surface area contributed by atoms with Crippen LogP contribution in [0.5, 0.6) is 0 Å². The zero-order chi connectivity index (χ0) is 14.9. The number of hydrogen-bond donors (Lipinski definition) is 2. The number of carbonyl (C=O) groups excluding carboxylic acids is 2. The van der Waals surface area contributed by atoms with E-state index in [1.807, 2.05) is 18.2 Å². The fraction of sp³-hybridized carbons (Fsp3) is 0.429. The van der Waals surface area contributed by atoms with Crippen molar-refractivity contribution in [1.82, 2.24) is 5.32 Å². The number of carbonyl (C=O) groups is 2. The molecule has 0 aliphatic carbocycles. The minimum absolute atomic E-state index is 0.235. The number of amides is 2. The molecule has 0 radical (unpaired) electrons. The van der Waals surface area contributed by atoms with Crippen LogP contribution in [0.25, 0.3) is 0 Å². The molecule has 1 aliphatic rings. The molecule has 0 saturated heterocycles. The van der Waals surface area contributed by atoms with Gasteiger partial charge in [0.05, 0.1) is 0 Å². The molecule has 0 saturated carbocycles. The van der Waals surface area contributed by atoms with Crippen molar-refractivity contribution in [3.8, 4) is 0 Å². The molecular weight excluding hydrogens is 324 g/mol. The molecule has 108 valence electrons. The van der Waals surface area contributed by atoms with Gasteiger partial charge in [0.2, 0.25) is 5.91 Å². The maximum Gasteiger partial charge on any atom is 0.408 e. The van der Waals surface area contributed by atoms with Crippen molar-refractivity contribution in [2.24, 2.45) is 0 Å². The Hall–Kier alpha value is -1.56. The quantitative estimate of drug-likeness (QED) is 0.825. The van der Waals surface area contributed by atoms with Gasteiger partial charge in [-0.2, -0.15) is 0 Å². The van der Waals surface area contributed by atoms with Crippen molar-refractivity contribution in [3.63, 3.8) is 0 Å². The van der Waals surface area contributed by atoms with Gasteiger partial charge in [0.25, 0.3) is 0 Å². The van der Waals surface area contributed by atoms with E-state index in [0.717, 1.165) is 15.7 Å². The number of nitrogens with one attached hydrogen (secondary N) is 2. The molecule has 2 amide bonds. The Balaban J connectivity index is 2.10. The third-order valence-corrected chi connectivity index (χ3v) is 3.54. The topological polar surface area (TPSA) is 67.4 Å². The summed E-state index contributed by atoms with van der Waals surface area (Å²) in [4.78, 5) is 23.7. The lowest BCUT2D eigenvalue weighted by atomic mass is 9.99. The lowest BCUT2D eigenvalue weighted by Crippen LogP contribution is -2.49. The molecule has 5 nitrogen and oxygen atoms in total. The number of rotatable bonds is 1. The van der Waals surface area contributed by atoms with Crippen LogP contribution in [0.2, 0.25) is 0 Å². The molecule has 2 rings (SSSR count). The number of halogens is 1. The van der Waals surface area contributed by atoms with Crippen molar-refractivity contribution in [2.45, 2.75) is 38.8 Å². The van der Waals surface area contributed by atoms with Gasteiger partial charge in [-0.25, -0.2) is 4.79 Å². The first-order valence-electron chi connectivity index (χ1n) is 6.34. The van der Waals surface area contributed by atoms with Gasteiger partial charge in [-0.1, -0.05) is 22.0 Å². The number of fused-ring (bicyclic) bond motifs is 1. The first-order chi connectivity index (χ1) is 9.26. The lowest BCUT2D eigenvalue weighted by Gasteiger charge is -2.27. The van der Waals surface area contributed by atoms with Gasteiger partial charge >= 0.3 is 6.09 Å². The molecule has 0 aromatic heterocycles. The zero-order valence-electron chi connectivity index (χ0n) is 11.6. The van der Waals surface area contributed by atoms with Gasteiger partial charge in [-0.15, -0.1) is 0 Å².